The second-order valence-electron chi connectivity index (χ2n) is 4.20. The van der Waals surface area contributed by atoms with Crippen LogP contribution in [0, 0.1) is 5.92 Å². The van der Waals surface area contributed by atoms with Crippen molar-refractivity contribution in [3.63, 3.8) is 0 Å². The van der Waals surface area contributed by atoms with Crippen molar-refractivity contribution in [2.75, 3.05) is 33.7 Å². The monoisotopic (exact) mass is 354 g/mol. The average molecular weight is 354 g/mol. The van der Waals surface area contributed by atoms with Crippen LogP contribution >= 0.6 is 24.0 Å². The van der Waals surface area contributed by atoms with Gasteiger partial charge in [-0.05, 0) is 19.8 Å². The van der Waals surface area contributed by atoms with Gasteiger partial charge in [0.25, 0.3) is 0 Å². The minimum absolute atomic E-state index is 0. The molecule has 1 rings (SSSR count). The first-order valence-corrected chi connectivity index (χ1v) is 5.88. The van der Waals surface area contributed by atoms with Crippen LogP contribution in [0.5, 0.6) is 0 Å². The Labute approximate surface area is 120 Å². The first kappa shape index (κ1) is 16.5. The van der Waals surface area contributed by atoms with E-state index in [2.05, 4.69) is 15.6 Å². The number of nitrogens with zero attached hydrogens (tertiary/aromatic N) is 2. The van der Waals surface area contributed by atoms with E-state index in [0.717, 1.165) is 25.3 Å². The lowest BCUT2D eigenvalue weighted by Gasteiger charge is -2.16. The molecule has 0 aromatic carbocycles. The summed E-state index contributed by atoms with van der Waals surface area (Å²) in [6.07, 6.45) is 2.10. The molecule has 2 N–H and O–H groups in total. The van der Waals surface area contributed by atoms with Gasteiger partial charge in [0.15, 0.2) is 5.96 Å². The Balaban J connectivity index is 0.00000256. The van der Waals surface area contributed by atoms with Crippen molar-refractivity contribution in [1.29, 1.82) is 0 Å². The number of hydrogen-bond acceptors (Lipinski definition) is 2. The summed E-state index contributed by atoms with van der Waals surface area (Å²) < 4.78 is 0. The first-order chi connectivity index (χ1) is 7.65. The molecule has 0 bridgehead atoms. The third-order valence-corrected chi connectivity index (χ3v) is 2.38. The molecule has 5 nitrogen and oxygen atoms in total. The number of halogens is 1. The molecule has 1 aliphatic carbocycles. The molecular formula is C11H23IN4O. The van der Waals surface area contributed by atoms with Crippen LogP contribution in [0.4, 0.5) is 0 Å². The predicted octanol–water partition coefficient (Wildman–Crippen LogP) is 0.658. The van der Waals surface area contributed by atoms with Crippen LogP contribution in [0.25, 0.3) is 0 Å². The lowest BCUT2D eigenvalue weighted by molar-refractivity contribution is -0.122. The molecule has 0 aliphatic heterocycles. The Kier molecular flexibility index (Phi) is 8.28. The van der Waals surface area contributed by atoms with Crippen LogP contribution in [-0.4, -0.2) is 50.5 Å². The van der Waals surface area contributed by atoms with E-state index >= 15 is 0 Å². The van der Waals surface area contributed by atoms with Crippen molar-refractivity contribution >= 4 is 35.8 Å². The number of hydrogen-bond donors (Lipinski definition) is 2. The lowest BCUT2D eigenvalue weighted by atomic mass is 10.4. The fourth-order valence-electron chi connectivity index (χ4n) is 1.34. The zero-order valence-electron chi connectivity index (χ0n) is 10.8. The van der Waals surface area contributed by atoms with Gasteiger partial charge in [0.2, 0.25) is 5.91 Å². The van der Waals surface area contributed by atoms with Crippen LogP contribution in [0.3, 0.4) is 0 Å². The van der Waals surface area contributed by atoms with Gasteiger partial charge in [0.05, 0.1) is 6.54 Å². The molecule has 0 aromatic heterocycles. The molecule has 0 spiro atoms. The number of guanidine groups is 1. The van der Waals surface area contributed by atoms with Gasteiger partial charge in [0, 0.05) is 33.1 Å². The van der Waals surface area contributed by atoms with Crippen molar-refractivity contribution in [3.05, 3.63) is 0 Å². The van der Waals surface area contributed by atoms with Crippen LogP contribution in [-0.2, 0) is 4.79 Å². The summed E-state index contributed by atoms with van der Waals surface area (Å²) in [4.78, 5) is 17.6. The number of aliphatic imine (C=N–C) groups is 1. The van der Waals surface area contributed by atoms with Gasteiger partial charge >= 0.3 is 0 Å². The van der Waals surface area contributed by atoms with E-state index in [0.29, 0.717) is 13.1 Å². The second-order valence-corrected chi connectivity index (χ2v) is 4.20. The van der Waals surface area contributed by atoms with Gasteiger partial charge in [0.1, 0.15) is 0 Å². The van der Waals surface area contributed by atoms with Gasteiger partial charge in [-0.25, -0.2) is 0 Å². The molecular weight excluding hydrogens is 331 g/mol. The molecule has 0 aromatic rings. The molecule has 6 heteroatoms. The molecule has 1 fully saturated rings. The summed E-state index contributed by atoms with van der Waals surface area (Å²) in [7, 11) is 3.90. The molecule has 1 saturated carbocycles. The van der Waals surface area contributed by atoms with Crippen LogP contribution < -0.4 is 10.6 Å². The van der Waals surface area contributed by atoms with Gasteiger partial charge in [-0.3, -0.25) is 9.79 Å². The maximum absolute atomic E-state index is 11.3. The van der Waals surface area contributed by atoms with E-state index < -0.39 is 0 Å². The van der Waals surface area contributed by atoms with E-state index in [1.54, 1.807) is 0 Å². The highest BCUT2D eigenvalue weighted by Crippen LogP contribution is 2.28. The van der Waals surface area contributed by atoms with E-state index in [4.69, 9.17) is 0 Å². The average Bonchev–Trinajstić information content (AvgIpc) is 3.05. The van der Waals surface area contributed by atoms with Crippen molar-refractivity contribution < 1.29 is 4.79 Å². The topological polar surface area (TPSA) is 56.7 Å². The summed E-state index contributed by atoms with van der Waals surface area (Å²) in [6, 6.07) is 0. The van der Waals surface area contributed by atoms with Crippen molar-refractivity contribution in [2.45, 2.75) is 19.8 Å². The largest absolute Gasteiger partial charge is 0.357 e. The molecule has 0 saturated heterocycles. The smallest absolute Gasteiger partial charge is 0.223 e. The molecule has 0 radical (unpaired) electrons. The summed E-state index contributed by atoms with van der Waals surface area (Å²) in [6.45, 7) is 4.14. The van der Waals surface area contributed by atoms with Gasteiger partial charge in [-0.1, -0.05) is 0 Å². The molecule has 0 heterocycles. The Hall–Kier alpha value is -0.530. The predicted molar refractivity (Wildman–Crippen MR) is 80.8 cm³/mol. The zero-order valence-corrected chi connectivity index (χ0v) is 13.2. The van der Waals surface area contributed by atoms with Crippen LogP contribution in [0.15, 0.2) is 4.99 Å². The van der Waals surface area contributed by atoms with Gasteiger partial charge < -0.3 is 15.5 Å². The van der Waals surface area contributed by atoms with E-state index in [9.17, 15) is 4.79 Å². The molecule has 17 heavy (non-hydrogen) atoms. The van der Waals surface area contributed by atoms with Gasteiger partial charge in [-0.2, -0.15) is 0 Å². The highest BCUT2D eigenvalue weighted by molar-refractivity contribution is 14.0. The summed E-state index contributed by atoms with van der Waals surface area (Å²) in [5, 5.41) is 6.06. The van der Waals surface area contributed by atoms with Crippen LogP contribution in [0.1, 0.15) is 19.8 Å². The fourth-order valence-corrected chi connectivity index (χ4v) is 1.34. The number of nitrogens with one attached hydrogen (secondary N) is 2. The van der Waals surface area contributed by atoms with Crippen molar-refractivity contribution in [3.8, 4) is 0 Å². The Morgan fingerprint density at radius 2 is 2.00 bits per heavy atom. The van der Waals surface area contributed by atoms with Gasteiger partial charge in [-0.15, -0.1) is 24.0 Å². The number of carbonyl (C=O) groups excluding carboxylic acids is 1. The molecule has 100 valence electrons. The van der Waals surface area contributed by atoms with E-state index in [1.165, 1.54) is 0 Å². The number of amides is 1. The summed E-state index contributed by atoms with van der Waals surface area (Å²) in [5.74, 6) is 1.33. The SMILES string of the molecule is CCNC(=NCCNC(=O)C1CC1)N(C)C.I. The van der Waals surface area contributed by atoms with Crippen molar-refractivity contribution in [2.24, 2.45) is 10.9 Å². The quantitative estimate of drug-likeness (QED) is 0.330. The summed E-state index contributed by atoms with van der Waals surface area (Å²) >= 11 is 0. The van der Waals surface area contributed by atoms with Crippen molar-refractivity contribution in [1.82, 2.24) is 15.5 Å². The maximum atomic E-state index is 11.3. The number of carbonyl (C=O) groups is 1. The third kappa shape index (κ3) is 6.70. The minimum atomic E-state index is 0. The zero-order chi connectivity index (χ0) is 12.0. The normalized spacial score (nSPS) is 14.9. The Bertz CT molecular complexity index is 264. The highest BCUT2D eigenvalue weighted by Gasteiger charge is 2.28. The second kappa shape index (κ2) is 8.54. The van der Waals surface area contributed by atoms with E-state index in [-0.39, 0.29) is 35.8 Å². The minimum Gasteiger partial charge on any atom is -0.357 e. The molecule has 0 unspecified atom stereocenters. The van der Waals surface area contributed by atoms with E-state index in [1.807, 2.05) is 25.9 Å². The summed E-state index contributed by atoms with van der Waals surface area (Å²) in [5.41, 5.74) is 0. The Morgan fingerprint density at radius 3 is 2.47 bits per heavy atom. The lowest BCUT2D eigenvalue weighted by Crippen LogP contribution is -2.37. The highest BCUT2D eigenvalue weighted by atomic mass is 127. The molecule has 1 amide bonds. The Morgan fingerprint density at radius 1 is 1.35 bits per heavy atom. The van der Waals surface area contributed by atoms with Crippen LogP contribution in [0.2, 0.25) is 0 Å². The standard InChI is InChI=1S/C11H22N4O.HI/c1-4-12-11(15(2)3)14-8-7-13-10(16)9-5-6-9;/h9H,4-8H2,1-3H3,(H,12,14)(H,13,16);1H. The number of rotatable bonds is 5. The maximum Gasteiger partial charge on any atom is 0.223 e. The fraction of sp³-hybridized carbons (Fsp3) is 0.818. The first-order valence-electron chi connectivity index (χ1n) is 5.88. The third-order valence-electron chi connectivity index (χ3n) is 2.38. The molecule has 0 atom stereocenters. The molecule has 1 aliphatic rings.